The minimum absolute atomic E-state index is 0.529. The molecule has 2 aromatic rings. The molecule has 2 unspecified atom stereocenters. The summed E-state index contributed by atoms with van der Waals surface area (Å²) in [5, 5.41) is 11.7. The second-order valence-electron chi connectivity index (χ2n) is 5.82. The topological polar surface area (TPSA) is 56.8 Å². The van der Waals surface area contributed by atoms with Gasteiger partial charge in [0, 0.05) is 36.3 Å². The van der Waals surface area contributed by atoms with E-state index >= 15 is 0 Å². The summed E-state index contributed by atoms with van der Waals surface area (Å²) in [7, 11) is 0. The third-order valence-corrected chi connectivity index (χ3v) is 4.74. The lowest BCUT2D eigenvalue weighted by atomic mass is 9.92. The molecule has 21 heavy (non-hydrogen) atoms. The van der Waals surface area contributed by atoms with Gasteiger partial charge in [-0.3, -0.25) is 5.10 Å². The normalized spacial score (nSPS) is 25.1. The average molecular weight is 304 g/mol. The van der Waals surface area contributed by atoms with E-state index in [1.54, 1.807) is 0 Å². The Morgan fingerprint density at radius 3 is 3.14 bits per heavy atom. The van der Waals surface area contributed by atoms with Gasteiger partial charge in [0.25, 0.3) is 0 Å². The number of rotatable bonds is 2. The quantitative estimate of drug-likeness (QED) is 0.894. The zero-order chi connectivity index (χ0) is 14.2. The number of halogens is 1. The number of nitrogens with zero attached hydrogens (tertiary/aromatic N) is 3. The number of nitrogens with one attached hydrogen (secondary N) is 2. The van der Waals surface area contributed by atoms with Crippen molar-refractivity contribution in [1.82, 2.24) is 20.5 Å². The number of piperidine rings is 1. The molecule has 0 amide bonds. The van der Waals surface area contributed by atoms with Gasteiger partial charge in [0.2, 0.25) is 5.95 Å². The van der Waals surface area contributed by atoms with Crippen molar-refractivity contribution in [3.8, 4) is 11.4 Å². The molecule has 110 valence electrons. The van der Waals surface area contributed by atoms with Crippen LogP contribution in [0.15, 0.2) is 24.3 Å². The highest BCUT2D eigenvalue weighted by Gasteiger charge is 2.36. The van der Waals surface area contributed by atoms with Gasteiger partial charge in [-0.2, -0.15) is 4.98 Å². The molecule has 2 aliphatic heterocycles. The lowest BCUT2D eigenvalue weighted by Gasteiger charge is -2.36. The predicted molar refractivity (Wildman–Crippen MR) is 83.6 cm³/mol. The third kappa shape index (κ3) is 2.40. The molecule has 0 radical (unpaired) electrons. The Bertz CT molecular complexity index is 640. The molecule has 0 aliphatic carbocycles. The van der Waals surface area contributed by atoms with Gasteiger partial charge < -0.3 is 10.2 Å². The van der Waals surface area contributed by atoms with Crippen molar-refractivity contribution in [1.29, 1.82) is 0 Å². The van der Waals surface area contributed by atoms with E-state index in [1.165, 1.54) is 12.8 Å². The van der Waals surface area contributed by atoms with E-state index in [9.17, 15) is 0 Å². The van der Waals surface area contributed by atoms with Crippen molar-refractivity contribution < 1.29 is 0 Å². The van der Waals surface area contributed by atoms with Crippen molar-refractivity contribution in [2.45, 2.75) is 18.9 Å². The molecule has 0 spiro atoms. The average Bonchev–Trinajstić information content (AvgIpc) is 3.16. The van der Waals surface area contributed by atoms with Gasteiger partial charge in [-0.05, 0) is 30.9 Å². The second kappa shape index (κ2) is 5.31. The first kappa shape index (κ1) is 13.1. The van der Waals surface area contributed by atoms with Crippen LogP contribution in [0.4, 0.5) is 5.95 Å². The van der Waals surface area contributed by atoms with Crippen LogP contribution in [-0.2, 0) is 0 Å². The van der Waals surface area contributed by atoms with Gasteiger partial charge in [0.1, 0.15) is 0 Å². The standard InChI is InChI=1S/C15H18ClN5/c16-12-5-1-3-10(7-12)14-18-15(20-19-14)21-6-2-4-11-8-17-9-13(11)21/h1,3,5,7,11,13,17H,2,4,6,8-9H2,(H,18,19,20). The molecule has 2 saturated heterocycles. The smallest absolute Gasteiger partial charge is 0.245 e. The van der Waals surface area contributed by atoms with E-state index < -0.39 is 0 Å². The first-order valence-electron chi connectivity index (χ1n) is 7.47. The minimum Gasteiger partial charge on any atom is -0.335 e. The van der Waals surface area contributed by atoms with E-state index in [2.05, 4.69) is 25.4 Å². The molecule has 1 aromatic carbocycles. The minimum atomic E-state index is 0.529. The third-order valence-electron chi connectivity index (χ3n) is 4.51. The molecular formula is C15H18ClN5. The maximum absolute atomic E-state index is 6.04. The summed E-state index contributed by atoms with van der Waals surface area (Å²) in [5.41, 5.74) is 0.972. The Morgan fingerprint density at radius 2 is 2.24 bits per heavy atom. The number of hydrogen-bond acceptors (Lipinski definition) is 4. The highest BCUT2D eigenvalue weighted by Crippen LogP contribution is 2.30. The molecule has 5 nitrogen and oxygen atoms in total. The maximum Gasteiger partial charge on any atom is 0.245 e. The Morgan fingerprint density at radius 1 is 1.29 bits per heavy atom. The molecule has 2 atom stereocenters. The van der Waals surface area contributed by atoms with Crippen LogP contribution in [-0.4, -0.2) is 40.9 Å². The van der Waals surface area contributed by atoms with Gasteiger partial charge >= 0.3 is 0 Å². The molecule has 0 saturated carbocycles. The number of aromatic amines is 1. The second-order valence-corrected chi connectivity index (χ2v) is 6.25. The summed E-state index contributed by atoms with van der Waals surface area (Å²) in [6, 6.07) is 8.22. The van der Waals surface area contributed by atoms with Gasteiger partial charge in [-0.15, -0.1) is 5.10 Å². The number of benzene rings is 1. The van der Waals surface area contributed by atoms with Crippen molar-refractivity contribution in [2.75, 3.05) is 24.5 Å². The zero-order valence-corrected chi connectivity index (χ0v) is 12.5. The SMILES string of the molecule is Clc1cccc(-c2nc(N3CCCC4CNCC43)n[nH]2)c1. The number of hydrogen-bond donors (Lipinski definition) is 2. The van der Waals surface area contributed by atoms with E-state index in [1.807, 2.05) is 24.3 Å². The highest BCUT2D eigenvalue weighted by atomic mass is 35.5. The van der Waals surface area contributed by atoms with Gasteiger partial charge in [0.15, 0.2) is 5.82 Å². The molecule has 1 aromatic heterocycles. The molecule has 0 bridgehead atoms. The summed E-state index contributed by atoms with van der Waals surface area (Å²) >= 11 is 6.04. The lowest BCUT2D eigenvalue weighted by Crippen LogP contribution is -2.45. The molecule has 3 heterocycles. The monoisotopic (exact) mass is 303 g/mol. The summed E-state index contributed by atoms with van der Waals surface area (Å²) in [6.45, 7) is 3.19. The number of aromatic nitrogens is 3. The number of anilines is 1. The summed E-state index contributed by atoms with van der Waals surface area (Å²) in [4.78, 5) is 7.02. The largest absolute Gasteiger partial charge is 0.335 e. The Hall–Kier alpha value is -1.59. The van der Waals surface area contributed by atoms with E-state index in [4.69, 9.17) is 11.6 Å². The van der Waals surface area contributed by atoms with Gasteiger partial charge in [0.05, 0.1) is 0 Å². The fraction of sp³-hybridized carbons (Fsp3) is 0.467. The molecule has 4 rings (SSSR count). The van der Waals surface area contributed by atoms with Crippen LogP contribution in [0.1, 0.15) is 12.8 Å². The van der Waals surface area contributed by atoms with Crippen LogP contribution in [0.2, 0.25) is 5.02 Å². The van der Waals surface area contributed by atoms with E-state index in [0.717, 1.165) is 42.9 Å². The zero-order valence-electron chi connectivity index (χ0n) is 11.7. The first-order chi connectivity index (χ1) is 10.3. The predicted octanol–water partition coefficient (Wildman–Crippen LogP) is 2.31. The first-order valence-corrected chi connectivity index (χ1v) is 7.85. The fourth-order valence-electron chi connectivity index (χ4n) is 3.46. The summed E-state index contributed by atoms with van der Waals surface area (Å²) in [5.74, 6) is 2.32. The van der Waals surface area contributed by atoms with Gasteiger partial charge in [-0.1, -0.05) is 23.7 Å². The molecular weight excluding hydrogens is 286 g/mol. The van der Waals surface area contributed by atoms with Gasteiger partial charge in [-0.25, -0.2) is 0 Å². The Labute approximate surface area is 128 Å². The molecule has 2 fully saturated rings. The van der Waals surface area contributed by atoms with Crippen molar-refractivity contribution in [2.24, 2.45) is 5.92 Å². The van der Waals surface area contributed by atoms with Crippen molar-refractivity contribution in [3.63, 3.8) is 0 Å². The van der Waals surface area contributed by atoms with Crippen LogP contribution >= 0.6 is 11.6 Å². The van der Waals surface area contributed by atoms with Crippen LogP contribution < -0.4 is 10.2 Å². The summed E-state index contributed by atoms with van der Waals surface area (Å²) < 4.78 is 0. The lowest BCUT2D eigenvalue weighted by molar-refractivity contribution is 0.381. The Balaban J connectivity index is 1.62. The highest BCUT2D eigenvalue weighted by molar-refractivity contribution is 6.30. The molecule has 2 N–H and O–H groups in total. The number of H-pyrrole nitrogens is 1. The maximum atomic E-state index is 6.04. The summed E-state index contributed by atoms with van der Waals surface area (Å²) in [6.07, 6.45) is 2.52. The fourth-order valence-corrected chi connectivity index (χ4v) is 3.65. The van der Waals surface area contributed by atoms with E-state index in [-0.39, 0.29) is 0 Å². The van der Waals surface area contributed by atoms with Crippen molar-refractivity contribution >= 4 is 17.5 Å². The Kier molecular flexibility index (Phi) is 3.31. The molecule has 6 heteroatoms. The number of fused-ring (bicyclic) bond motifs is 1. The van der Waals surface area contributed by atoms with Crippen LogP contribution in [0.5, 0.6) is 0 Å². The van der Waals surface area contributed by atoms with Crippen LogP contribution in [0, 0.1) is 5.92 Å². The van der Waals surface area contributed by atoms with Crippen LogP contribution in [0.3, 0.4) is 0 Å². The van der Waals surface area contributed by atoms with Crippen molar-refractivity contribution in [3.05, 3.63) is 29.3 Å². The van der Waals surface area contributed by atoms with Crippen LogP contribution in [0.25, 0.3) is 11.4 Å². The molecule has 2 aliphatic rings. The van der Waals surface area contributed by atoms with E-state index in [0.29, 0.717) is 11.1 Å².